The fourth-order valence-electron chi connectivity index (χ4n) is 2.42. The Bertz CT molecular complexity index is 490. The van der Waals surface area contributed by atoms with Crippen molar-refractivity contribution in [2.45, 2.75) is 39.2 Å². The second-order valence-corrected chi connectivity index (χ2v) is 5.96. The molecular weight excluding hydrogens is 334 g/mol. The molecule has 2 N–H and O–H groups in total. The summed E-state index contributed by atoms with van der Waals surface area (Å²) in [6.45, 7) is 6.37. The van der Waals surface area contributed by atoms with E-state index in [1.54, 1.807) is 0 Å². The first-order valence-corrected chi connectivity index (χ1v) is 8.22. The number of nitrogens with one attached hydrogen (secondary N) is 2. The van der Waals surface area contributed by atoms with Gasteiger partial charge in [0.05, 0.1) is 0 Å². The fraction of sp³-hybridized carbons (Fsp3) is 0.643. The lowest BCUT2D eigenvalue weighted by Crippen LogP contribution is -2.44. The molecule has 1 aliphatic heterocycles. The van der Waals surface area contributed by atoms with Gasteiger partial charge in [0.25, 0.3) is 0 Å². The Balaban J connectivity index is 2.03. The number of rotatable bonds is 5. The number of halogens is 1. The Morgan fingerprint density at radius 1 is 1.33 bits per heavy atom. The Morgan fingerprint density at radius 3 is 2.67 bits per heavy atom. The molecule has 1 amide bonds. The standard InChI is InChI=1S/C14H22BrN5O/c1-3-16-12-11(15)13(18-9-17-12)19-10(2)14(21)20-7-5-4-6-8-20/h9-10H,3-8H2,1-2H3,(H2,16,17,18,19). The first-order chi connectivity index (χ1) is 10.1. The highest BCUT2D eigenvalue weighted by atomic mass is 79.9. The summed E-state index contributed by atoms with van der Waals surface area (Å²) in [5.41, 5.74) is 0. The molecule has 7 heteroatoms. The van der Waals surface area contributed by atoms with Crippen molar-refractivity contribution in [2.24, 2.45) is 0 Å². The van der Waals surface area contributed by atoms with Gasteiger partial charge in [-0.1, -0.05) is 0 Å². The molecule has 0 spiro atoms. The van der Waals surface area contributed by atoms with Crippen LogP contribution in [0.3, 0.4) is 0 Å². The normalized spacial score (nSPS) is 16.4. The number of carbonyl (C=O) groups is 1. The van der Waals surface area contributed by atoms with Crippen molar-refractivity contribution < 1.29 is 4.79 Å². The molecule has 2 rings (SSSR count). The Morgan fingerprint density at radius 2 is 2.00 bits per heavy atom. The van der Waals surface area contributed by atoms with Crippen molar-refractivity contribution in [1.82, 2.24) is 14.9 Å². The highest BCUT2D eigenvalue weighted by Gasteiger charge is 2.23. The van der Waals surface area contributed by atoms with E-state index < -0.39 is 0 Å². The highest BCUT2D eigenvalue weighted by molar-refractivity contribution is 9.10. The quantitative estimate of drug-likeness (QED) is 0.848. The third-order valence-electron chi connectivity index (χ3n) is 3.53. The predicted molar refractivity (Wildman–Crippen MR) is 87.4 cm³/mol. The number of anilines is 2. The first kappa shape index (κ1) is 16.0. The van der Waals surface area contributed by atoms with Gasteiger partial charge in [-0.15, -0.1) is 0 Å². The summed E-state index contributed by atoms with van der Waals surface area (Å²) in [5.74, 6) is 1.50. The van der Waals surface area contributed by atoms with Crippen LogP contribution in [0.5, 0.6) is 0 Å². The molecule has 1 aliphatic rings. The van der Waals surface area contributed by atoms with Crippen LogP contribution in [0, 0.1) is 0 Å². The molecule has 1 saturated heterocycles. The maximum absolute atomic E-state index is 12.4. The van der Waals surface area contributed by atoms with Gasteiger partial charge in [0.2, 0.25) is 5.91 Å². The molecule has 6 nitrogen and oxygen atoms in total. The molecule has 0 aromatic carbocycles. The number of piperidine rings is 1. The maximum atomic E-state index is 12.4. The summed E-state index contributed by atoms with van der Waals surface area (Å²) >= 11 is 3.48. The Labute approximate surface area is 133 Å². The van der Waals surface area contributed by atoms with Gasteiger partial charge in [-0.2, -0.15) is 0 Å². The van der Waals surface area contributed by atoms with Crippen molar-refractivity contribution in [3.8, 4) is 0 Å². The molecule has 0 saturated carbocycles. The summed E-state index contributed by atoms with van der Waals surface area (Å²) in [5, 5.41) is 6.33. The molecule has 1 aromatic rings. The molecule has 2 heterocycles. The minimum absolute atomic E-state index is 0.130. The van der Waals surface area contributed by atoms with Crippen molar-refractivity contribution >= 4 is 33.5 Å². The number of likely N-dealkylation sites (tertiary alicyclic amines) is 1. The van der Waals surface area contributed by atoms with Crippen LogP contribution in [0.2, 0.25) is 0 Å². The SMILES string of the molecule is CCNc1ncnc(NC(C)C(=O)N2CCCCC2)c1Br. The van der Waals surface area contributed by atoms with Crippen LogP contribution in [-0.4, -0.2) is 46.5 Å². The zero-order valence-corrected chi connectivity index (χ0v) is 14.1. The average molecular weight is 356 g/mol. The van der Waals surface area contributed by atoms with Crippen LogP contribution in [0.25, 0.3) is 0 Å². The number of carbonyl (C=O) groups excluding carboxylic acids is 1. The zero-order valence-electron chi connectivity index (χ0n) is 12.5. The summed E-state index contributed by atoms with van der Waals surface area (Å²) in [4.78, 5) is 22.7. The molecule has 1 atom stereocenters. The summed E-state index contributed by atoms with van der Waals surface area (Å²) < 4.78 is 0.755. The fourth-order valence-corrected chi connectivity index (χ4v) is 2.88. The molecule has 116 valence electrons. The van der Waals surface area contributed by atoms with Crippen molar-refractivity contribution in [1.29, 1.82) is 0 Å². The molecule has 0 radical (unpaired) electrons. The van der Waals surface area contributed by atoms with Gasteiger partial charge in [0.15, 0.2) is 0 Å². The van der Waals surface area contributed by atoms with E-state index in [-0.39, 0.29) is 11.9 Å². The van der Waals surface area contributed by atoms with Crippen LogP contribution in [0.15, 0.2) is 10.8 Å². The van der Waals surface area contributed by atoms with Gasteiger partial charge < -0.3 is 15.5 Å². The molecule has 21 heavy (non-hydrogen) atoms. The second-order valence-electron chi connectivity index (χ2n) is 5.17. The monoisotopic (exact) mass is 355 g/mol. The van der Waals surface area contributed by atoms with E-state index in [0.29, 0.717) is 5.82 Å². The minimum atomic E-state index is -0.302. The lowest BCUT2D eigenvalue weighted by atomic mass is 10.1. The smallest absolute Gasteiger partial charge is 0.244 e. The van der Waals surface area contributed by atoms with Crippen molar-refractivity contribution in [2.75, 3.05) is 30.3 Å². The number of hydrogen-bond acceptors (Lipinski definition) is 5. The molecule has 1 unspecified atom stereocenters. The third kappa shape index (κ3) is 4.06. The molecule has 0 aliphatic carbocycles. The van der Waals surface area contributed by atoms with E-state index in [9.17, 15) is 4.79 Å². The second kappa shape index (κ2) is 7.59. The lowest BCUT2D eigenvalue weighted by Gasteiger charge is -2.29. The van der Waals surface area contributed by atoms with Crippen molar-refractivity contribution in [3.63, 3.8) is 0 Å². The van der Waals surface area contributed by atoms with E-state index in [1.165, 1.54) is 12.7 Å². The zero-order chi connectivity index (χ0) is 15.2. The van der Waals surface area contributed by atoms with Gasteiger partial charge in [0, 0.05) is 19.6 Å². The number of nitrogens with zero attached hydrogens (tertiary/aromatic N) is 3. The topological polar surface area (TPSA) is 70.1 Å². The van der Waals surface area contributed by atoms with Gasteiger partial charge in [-0.25, -0.2) is 9.97 Å². The van der Waals surface area contributed by atoms with E-state index >= 15 is 0 Å². The number of aromatic nitrogens is 2. The van der Waals surface area contributed by atoms with Gasteiger partial charge in [-0.3, -0.25) is 4.79 Å². The largest absolute Gasteiger partial charge is 0.369 e. The lowest BCUT2D eigenvalue weighted by molar-refractivity contribution is -0.132. The van der Waals surface area contributed by atoms with E-state index in [1.807, 2.05) is 18.7 Å². The number of hydrogen-bond donors (Lipinski definition) is 2. The predicted octanol–water partition coefficient (Wildman–Crippen LogP) is 2.48. The van der Waals surface area contributed by atoms with E-state index in [4.69, 9.17) is 0 Å². The van der Waals surface area contributed by atoms with Crippen LogP contribution < -0.4 is 10.6 Å². The molecule has 1 aromatic heterocycles. The van der Waals surface area contributed by atoms with Crippen LogP contribution in [0.4, 0.5) is 11.6 Å². The molecule has 1 fully saturated rings. The van der Waals surface area contributed by atoms with Crippen LogP contribution in [0.1, 0.15) is 33.1 Å². The van der Waals surface area contributed by atoms with Gasteiger partial charge >= 0.3 is 0 Å². The average Bonchev–Trinajstić information content (AvgIpc) is 2.51. The Kier molecular flexibility index (Phi) is 5.78. The number of amides is 1. The highest BCUT2D eigenvalue weighted by Crippen LogP contribution is 2.27. The van der Waals surface area contributed by atoms with E-state index in [0.717, 1.165) is 42.8 Å². The Hall–Kier alpha value is -1.37. The maximum Gasteiger partial charge on any atom is 0.244 e. The first-order valence-electron chi connectivity index (χ1n) is 7.43. The third-order valence-corrected chi connectivity index (χ3v) is 4.28. The van der Waals surface area contributed by atoms with Gasteiger partial charge in [0.1, 0.15) is 28.5 Å². The van der Waals surface area contributed by atoms with Crippen LogP contribution >= 0.6 is 15.9 Å². The van der Waals surface area contributed by atoms with Gasteiger partial charge in [-0.05, 0) is 49.0 Å². The van der Waals surface area contributed by atoms with E-state index in [2.05, 4.69) is 36.5 Å². The van der Waals surface area contributed by atoms with Crippen LogP contribution in [-0.2, 0) is 4.79 Å². The molecule has 0 bridgehead atoms. The van der Waals surface area contributed by atoms with Crippen molar-refractivity contribution in [3.05, 3.63) is 10.8 Å². The minimum Gasteiger partial charge on any atom is -0.369 e. The molecular formula is C14H22BrN5O. The summed E-state index contributed by atoms with van der Waals surface area (Å²) in [6.07, 6.45) is 4.90. The summed E-state index contributed by atoms with van der Waals surface area (Å²) in [7, 11) is 0. The summed E-state index contributed by atoms with van der Waals surface area (Å²) in [6, 6.07) is -0.302.